The van der Waals surface area contributed by atoms with E-state index in [-0.39, 0.29) is 41.5 Å². The van der Waals surface area contributed by atoms with Gasteiger partial charge in [-0.3, -0.25) is 24.0 Å². The van der Waals surface area contributed by atoms with Gasteiger partial charge in [0, 0.05) is 25.4 Å². The molecule has 3 aromatic rings. The highest BCUT2D eigenvalue weighted by atomic mass is 19.4. The number of alkyl halides is 3. The van der Waals surface area contributed by atoms with Gasteiger partial charge in [0.25, 0.3) is 5.91 Å². The van der Waals surface area contributed by atoms with Crippen molar-refractivity contribution in [2.24, 2.45) is 0 Å². The third-order valence-corrected chi connectivity index (χ3v) is 8.01. The van der Waals surface area contributed by atoms with Crippen molar-refractivity contribution in [3.8, 4) is 11.1 Å². The molecule has 2 atom stereocenters. The molecule has 232 valence electrons. The summed E-state index contributed by atoms with van der Waals surface area (Å²) in [6.45, 7) is -0.980. The van der Waals surface area contributed by atoms with Crippen molar-refractivity contribution >= 4 is 23.8 Å². The van der Waals surface area contributed by atoms with Gasteiger partial charge in [-0.2, -0.15) is 18.3 Å². The van der Waals surface area contributed by atoms with E-state index in [2.05, 4.69) is 10.4 Å². The minimum absolute atomic E-state index is 0.00436. The molecule has 0 saturated carbocycles. The highest BCUT2D eigenvalue weighted by molar-refractivity contribution is 6.09. The fourth-order valence-corrected chi connectivity index (χ4v) is 5.52. The molecule has 15 heteroatoms. The zero-order valence-electron chi connectivity index (χ0n) is 23.6. The largest absolute Gasteiger partial charge is 0.408 e. The average Bonchev–Trinajstić information content (AvgIpc) is 3.66. The lowest BCUT2D eigenvalue weighted by atomic mass is 9.90. The number of aryl methyl sites for hydroxylation is 1. The van der Waals surface area contributed by atoms with Crippen molar-refractivity contribution in [3.63, 3.8) is 0 Å². The third kappa shape index (κ3) is 5.37. The predicted octanol–water partition coefficient (Wildman–Crippen LogP) is 3.71. The quantitative estimate of drug-likeness (QED) is 0.236. The van der Waals surface area contributed by atoms with Crippen LogP contribution in [0.1, 0.15) is 30.0 Å². The normalized spacial score (nSPS) is 18.6. The monoisotopic (exact) mass is 618 g/mol. The number of urea groups is 1. The molecule has 5 amide bonds. The Labute approximate surface area is 247 Å². The van der Waals surface area contributed by atoms with E-state index in [1.54, 1.807) is 18.3 Å². The van der Waals surface area contributed by atoms with Crippen LogP contribution in [0.5, 0.6) is 0 Å². The molecule has 1 N–H and O–H groups in total. The molecule has 1 aliphatic heterocycles. The van der Waals surface area contributed by atoms with Gasteiger partial charge in [0.05, 0.1) is 6.20 Å². The Kier molecular flexibility index (Phi) is 7.90. The van der Waals surface area contributed by atoms with Gasteiger partial charge in [-0.1, -0.05) is 34.8 Å². The lowest BCUT2D eigenvalue weighted by Crippen LogP contribution is -2.51. The predicted molar refractivity (Wildman–Crippen MR) is 144 cm³/mol. The van der Waals surface area contributed by atoms with Crippen LogP contribution in [-0.4, -0.2) is 74.3 Å². The molecule has 0 radical (unpaired) electrons. The Balaban J connectivity index is 1.39. The number of benzene rings is 2. The van der Waals surface area contributed by atoms with Crippen molar-refractivity contribution in [2.45, 2.75) is 50.6 Å². The Bertz CT molecular complexity index is 1620. The molecule has 10 nitrogen and oxygen atoms in total. The zero-order chi connectivity index (χ0) is 32.0. The van der Waals surface area contributed by atoms with Gasteiger partial charge in [0.1, 0.15) is 24.9 Å². The summed E-state index contributed by atoms with van der Waals surface area (Å²) in [5.74, 6) is -3.19. The van der Waals surface area contributed by atoms with Crippen molar-refractivity contribution in [3.05, 3.63) is 77.4 Å². The second-order valence-electron chi connectivity index (χ2n) is 10.7. The standard InChI is InChI=1S/C29H27F5N6O4/c1-17(29(31,32)33)38(13-18-3-6-22(30)7-4-18)25(42)16-39-26(43)28(40(34)27(39)44)10-9-20-11-19(5-8-23(20)28)21-12-36-37(14-21)15-24(41)35-2/h3-8,11-12,14,17H,9-10,13,15-16H2,1-2H3,(H,35,41)/t17-,28?/m0/s1. The van der Waals surface area contributed by atoms with Crippen molar-refractivity contribution < 1.29 is 41.2 Å². The molecule has 1 aliphatic carbocycles. The number of carbonyl (C=O) groups excluding carboxylic acids is 4. The van der Waals surface area contributed by atoms with E-state index in [0.29, 0.717) is 26.5 Å². The van der Waals surface area contributed by atoms with E-state index in [1.807, 2.05) is 0 Å². The van der Waals surface area contributed by atoms with E-state index in [0.717, 1.165) is 19.1 Å². The van der Waals surface area contributed by atoms with Gasteiger partial charge >= 0.3 is 12.2 Å². The van der Waals surface area contributed by atoms with E-state index >= 15 is 4.48 Å². The van der Waals surface area contributed by atoms with Gasteiger partial charge in [-0.15, -0.1) is 5.12 Å². The SMILES string of the molecule is CNC(=O)Cn1cc(-c2ccc3c(c2)CCC32C(=O)N(CC(=O)N(Cc3ccc(F)cc3)[C@@H](C)C(F)(F)F)C(=O)N2F)cn1. The summed E-state index contributed by atoms with van der Waals surface area (Å²) in [4.78, 5) is 52.3. The molecule has 1 aromatic heterocycles. The number of likely N-dealkylation sites (N-methyl/N-ethyl adjacent to an activating group) is 1. The minimum atomic E-state index is -4.86. The van der Waals surface area contributed by atoms with Crippen LogP contribution in [0.3, 0.4) is 0 Å². The first-order chi connectivity index (χ1) is 20.8. The van der Waals surface area contributed by atoms with Crippen LogP contribution < -0.4 is 5.32 Å². The fourth-order valence-electron chi connectivity index (χ4n) is 5.52. The van der Waals surface area contributed by atoms with E-state index in [4.69, 9.17) is 0 Å². The Morgan fingerprint density at radius 1 is 1.09 bits per heavy atom. The number of carbonyl (C=O) groups is 4. The van der Waals surface area contributed by atoms with E-state index < -0.39 is 54.5 Å². The van der Waals surface area contributed by atoms with E-state index in [9.17, 15) is 36.7 Å². The number of imide groups is 1. The lowest BCUT2D eigenvalue weighted by Gasteiger charge is -2.32. The molecule has 2 aromatic carbocycles. The van der Waals surface area contributed by atoms with Crippen LogP contribution in [0.15, 0.2) is 54.9 Å². The molecule has 1 spiro atoms. The summed E-state index contributed by atoms with van der Waals surface area (Å²) in [7, 11) is 1.50. The Morgan fingerprint density at radius 2 is 1.80 bits per heavy atom. The van der Waals surface area contributed by atoms with Gasteiger partial charge in [0.2, 0.25) is 11.8 Å². The van der Waals surface area contributed by atoms with Crippen LogP contribution in [0.4, 0.5) is 26.8 Å². The summed E-state index contributed by atoms with van der Waals surface area (Å²) in [6, 6.07) is 5.47. The van der Waals surface area contributed by atoms with Gasteiger partial charge < -0.3 is 10.2 Å². The van der Waals surface area contributed by atoms with Crippen LogP contribution in [0, 0.1) is 5.82 Å². The van der Waals surface area contributed by atoms with Crippen molar-refractivity contribution in [2.75, 3.05) is 13.6 Å². The van der Waals surface area contributed by atoms with Crippen molar-refractivity contribution in [1.29, 1.82) is 0 Å². The molecular weight excluding hydrogens is 591 g/mol. The summed E-state index contributed by atoms with van der Waals surface area (Å²) < 4.78 is 71.5. The first-order valence-corrected chi connectivity index (χ1v) is 13.6. The number of hydrogen-bond acceptors (Lipinski definition) is 5. The molecule has 2 heterocycles. The summed E-state index contributed by atoms with van der Waals surface area (Å²) in [5, 5.41) is 6.38. The molecule has 1 saturated heterocycles. The van der Waals surface area contributed by atoms with E-state index in [1.165, 1.54) is 36.1 Å². The molecular formula is C29H27F5N6O4. The maximum absolute atomic E-state index is 15.7. The average molecular weight is 619 g/mol. The third-order valence-electron chi connectivity index (χ3n) is 8.01. The maximum atomic E-state index is 15.7. The van der Waals surface area contributed by atoms with Gasteiger partial charge in [-0.25, -0.2) is 9.18 Å². The minimum Gasteiger partial charge on any atom is -0.358 e. The molecule has 1 fully saturated rings. The molecule has 0 bridgehead atoms. The summed E-state index contributed by atoms with van der Waals surface area (Å²) >= 11 is 0. The van der Waals surface area contributed by atoms with Gasteiger partial charge in [-0.05, 0) is 54.2 Å². The van der Waals surface area contributed by atoms with Crippen LogP contribution in [-0.2, 0) is 39.4 Å². The number of aromatic nitrogens is 2. The molecule has 1 unspecified atom stereocenters. The number of amides is 5. The first-order valence-electron chi connectivity index (χ1n) is 13.6. The van der Waals surface area contributed by atoms with Crippen LogP contribution >= 0.6 is 0 Å². The molecule has 44 heavy (non-hydrogen) atoms. The summed E-state index contributed by atoms with van der Waals surface area (Å²) in [6.07, 6.45) is -1.64. The number of nitrogens with one attached hydrogen (secondary N) is 1. The van der Waals surface area contributed by atoms with Crippen LogP contribution in [0.2, 0.25) is 0 Å². The second-order valence-corrected chi connectivity index (χ2v) is 10.7. The fraction of sp³-hybridized carbons (Fsp3) is 0.345. The number of rotatable bonds is 8. The first kappa shape index (κ1) is 30.6. The van der Waals surface area contributed by atoms with Gasteiger partial charge in [0.15, 0.2) is 5.54 Å². The number of fused-ring (bicyclic) bond motifs is 2. The lowest BCUT2D eigenvalue weighted by molar-refractivity contribution is -0.187. The topological polar surface area (TPSA) is 108 Å². The number of halogens is 5. The van der Waals surface area contributed by atoms with Crippen molar-refractivity contribution in [1.82, 2.24) is 30.0 Å². The highest BCUT2D eigenvalue weighted by Gasteiger charge is 2.62. The molecule has 5 rings (SSSR count). The summed E-state index contributed by atoms with van der Waals surface area (Å²) in [5.41, 5.74) is 0.167. The number of nitrogens with zero attached hydrogens (tertiary/aromatic N) is 5. The number of hydrogen-bond donors (Lipinski definition) is 1. The highest BCUT2D eigenvalue weighted by Crippen LogP contribution is 2.48. The van der Waals surface area contributed by atoms with Crippen LogP contribution in [0.25, 0.3) is 11.1 Å². The smallest absolute Gasteiger partial charge is 0.358 e. The maximum Gasteiger partial charge on any atom is 0.408 e. The second kappa shape index (κ2) is 11.4. The zero-order valence-corrected chi connectivity index (χ0v) is 23.6. The molecule has 2 aliphatic rings. The Hall–Kier alpha value is -4.82. The Morgan fingerprint density at radius 3 is 2.45 bits per heavy atom.